The molecule has 1 aliphatic rings. The molecular weight excluding hydrogens is 206 g/mol. The summed E-state index contributed by atoms with van der Waals surface area (Å²) in [7, 11) is 0. The number of ether oxygens (including phenoxy) is 1. The zero-order valence-electron chi connectivity index (χ0n) is 9.55. The summed E-state index contributed by atoms with van der Waals surface area (Å²) >= 11 is 0. The summed E-state index contributed by atoms with van der Waals surface area (Å²) < 4.78 is 5.48. The number of morpholine rings is 1. The Morgan fingerprint density at radius 3 is 2.69 bits per heavy atom. The number of rotatable bonds is 2. The van der Waals surface area contributed by atoms with E-state index >= 15 is 0 Å². The van der Waals surface area contributed by atoms with Gasteiger partial charge in [-0.2, -0.15) is 0 Å². The fourth-order valence-corrected chi connectivity index (χ4v) is 2.02. The van der Waals surface area contributed by atoms with Crippen LogP contribution < -0.4 is 16.2 Å². The third-order valence-electron chi connectivity index (χ3n) is 2.73. The van der Waals surface area contributed by atoms with Gasteiger partial charge in [-0.25, -0.2) is 15.8 Å². The fourth-order valence-electron chi connectivity index (χ4n) is 2.02. The number of nitrogens with zero attached hydrogens (tertiary/aromatic N) is 3. The molecule has 0 aromatic carbocycles. The van der Waals surface area contributed by atoms with E-state index in [-0.39, 0.29) is 0 Å². The quantitative estimate of drug-likeness (QED) is 0.557. The molecule has 1 aromatic heterocycles. The van der Waals surface area contributed by atoms with Crippen LogP contribution in [0.4, 0.5) is 11.6 Å². The fraction of sp³-hybridized carbons (Fsp3) is 0.600. The molecule has 2 atom stereocenters. The van der Waals surface area contributed by atoms with Gasteiger partial charge in [-0.3, -0.25) is 0 Å². The highest BCUT2D eigenvalue weighted by Gasteiger charge is 2.26. The molecule has 16 heavy (non-hydrogen) atoms. The van der Waals surface area contributed by atoms with Crippen molar-refractivity contribution >= 4 is 11.6 Å². The van der Waals surface area contributed by atoms with E-state index in [1.165, 1.54) is 6.33 Å². The van der Waals surface area contributed by atoms with E-state index in [1.54, 1.807) is 0 Å². The van der Waals surface area contributed by atoms with Gasteiger partial charge in [0.1, 0.15) is 18.0 Å². The van der Waals surface area contributed by atoms with Gasteiger partial charge in [0.15, 0.2) is 0 Å². The Kier molecular flexibility index (Phi) is 3.21. The van der Waals surface area contributed by atoms with E-state index in [1.807, 2.05) is 6.07 Å². The highest BCUT2D eigenvalue weighted by molar-refractivity contribution is 5.49. The molecule has 1 fully saturated rings. The maximum atomic E-state index is 5.48. The van der Waals surface area contributed by atoms with Crippen molar-refractivity contribution in [3.8, 4) is 0 Å². The van der Waals surface area contributed by atoms with E-state index in [2.05, 4.69) is 34.1 Å². The molecule has 1 aliphatic heterocycles. The Morgan fingerprint density at radius 1 is 1.38 bits per heavy atom. The van der Waals surface area contributed by atoms with Crippen LogP contribution in [0.15, 0.2) is 12.4 Å². The van der Waals surface area contributed by atoms with Crippen LogP contribution in [0.1, 0.15) is 13.8 Å². The van der Waals surface area contributed by atoms with Crippen molar-refractivity contribution in [2.45, 2.75) is 25.9 Å². The number of nitrogen functional groups attached to an aromatic ring is 1. The summed E-state index contributed by atoms with van der Waals surface area (Å²) in [5.41, 5.74) is 2.53. The first-order chi connectivity index (χ1) is 7.72. The zero-order chi connectivity index (χ0) is 11.5. The molecule has 0 spiro atoms. The summed E-state index contributed by atoms with van der Waals surface area (Å²) in [4.78, 5) is 10.5. The van der Waals surface area contributed by atoms with Crippen LogP contribution in [0.5, 0.6) is 0 Å². The molecule has 2 rings (SSSR count). The SMILES string of the molecule is CC1COCC(C)N1c1cc(NN)ncn1. The Labute approximate surface area is 94.8 Å². The molecule has 6 nitrogen and oxygen atoms in total. The summed E-state index contributed by atoms with van der Waals surface area (Å²) in [6, 6.07) is 2.46. The van der Waals surface area contributed by atoms with Crippen LogP contribution in [-0.4, -0.2) is 35.3 Å². The third kappa shape index (κ3) is 2.07. The Balaban J connectivity index is 2.26. The van der Waals surface area contributed by atoms with Crippen LogP contribution in [0.25, 0.3) is 0 Å². The van der Waals surface area contributed by atoms with Gasteiger partial charge in [-0.05, 0) is 13.8 Å². The normalized spacial score (nSPS) is 25.6. The van der Waals surface area contributed by atoms with Crippen LogP contribution >= 0.6 is 0 Å². The van der Waals surface area contributed by atoms with Crippen LogP contribution in [0, 0.1) is 0 Å². The Morgan fingerprint density at radius 2 is 2.06 bits per heavy atom. The van der Waals surface area contributed by atoms with E-state index < -0.39 is 0 Å². The number of nitrogens with two attached hydrogens (primary N) is 1. The van der Waals surface area contributed by atoms with Crippen molar-refractivity contribution in [3.05, 3.63) is 12.4 Å². The van der Waals surface area contributed by atoms with E-state index in [9.17, 15) is 0 Å². The minimum atomic E-state index is 0.310. The first-order valence-electron chi connectivity index (χ1n) is 5.37. The third-order valence-corrected chi connectivity index (χ3v) is 2.73. The monoisotopic (exact) mass is 223 g/mol. The van der Waals surface area contributed by atoms with Crippen LogP contribution in [0.3, 0.4) is 0 Å². The predicted octanol–water partition coefficient (Wildman–Crippen LogP) is 0.376. The molecule has 0 bridgehead atoms. The molecule has 6 heteroatoms. The second-order valence-electron chi connectivity index (χ2n) is 4.05. The van der Waals surface area contributed by atoms with Gasteiger partial charge in [0.25, 0.3) is 0 Å². The van der Waals surface area contributed by atoms with Gasteiger partial charge in [-0.1, -0.05) is 0 Å². The molecule has 2 heterocycles. The van der Waals surface area contributed by atoms with Gasteiger partial charge in [0, 0.05) is 6.07 Å². The second-order valence-corrected chi connectivity index (χ2v) is 4.05. The molecule has 0 aliphatic carbocycles. The van der Waals surface area contributed by atoms with Crippen LogP contribution in [-0.2, 0) is 4.74 Å². The lowest BCUT2D eigenvalue weighted by Gasteiger charge is -2.39. The van der Waals surface area contributed by atoms with Gasteiger partial charge < -0.3 is 15.1 Å². The summed E-state index contributed by atoms with van der Waals surface area (Å²) in [6.45, 7) is 5.68. The van der Waals surface area contributed by atoms with Gasteiger partial charge in [0.05, 0.1) is 25.3 Å². The van der Waals surface area contributed by atoms with Crippen LogP contribution in [0.2, 0.25) is 0 Å². The van der Waals surface area contributed by atoms with E-state index in [0.717, 1.165) is 19.0 Å². The number of nitrogens with one attached hydrogen (secondary N) is 1. The number of hydrogen-bond acceptors (Lipinski definition) is 6. The van der Waals surface area contributed by atoms with Gasteiger partial charge in [-0.15, -0.1) is 0 Å². The summed E-state index contributed by atoms with van der Waals surface area (Å²) in [6.07, 6.45) is 1.51. The maximum Gasteiger partial charge on any atom is 0.145 e. The van der Waals surface area contributed by atoms with Crippen molar-refractivity contribution in [1.82, 2.24) is 9.97 Å². The number of hydrogen-bond donors (Lipinski definition) is 2. The molecule has 3 N–H and O–H groups in total. The molecule has 1 aromatic rings. The first kappa shape index (κ1) is 11.1. The molecule has 0 radical (unpaired) electrons. The largest absolute Gasteiger partial charge is 0.377 e. The molecular formula is C10H17N5O. The Hall–Kier alpha value is -1.40. The molecule has 1 saturated heterocycles. The minimum absolute atomic E-state index is 0.310. The smallest absolute Gasteiger partial charge is 0.145 e. The molecule has 0 amide bonds. The minimum Gasteiger partial charge on any atom is -0.377 e. The molecule has 88 valence electrons. The average Bonchev–Trinajstić information content (AvgIpc) is 2.29. The van der Waals surface area contributed by atoms with Crippen molar-refractivity contribution in [2.75, 3.05) is 23.5 Å². The molecule has 0 saturated carbocycles. The highest BCUT2D eigenvalue weighted by atomic mass is 16.5. The number of anilines is 2. The van der Waals surface area contributed by atoms with Crippen molar-refractivity contribution in [3.63, 3.8) is 0 Å². The number of hydrazine groups is 1. The second kappa shape index (κ2) is 4.63. The van der Waals surface area contributed by atoms with E-state index in [0.29, 0.717) is 17.9 Å². The maximum absolute atomic E-state index is 5.48. The summed E-state index contributed by atoms with van der Waals surface area (Å²) in [5.74, 6) is 6.84. The molecule has 2 unspecified atom stereocenters. The van der Waals surface area contributed by atoms with Crippen molar-refractivity contribution < 1.29 is 4.74 Å². The van der Waals surface area contributed by atoms with Crippen molar-refractivity contribution in [1.29, 1.82) is 0 Å². The zero-order valence-corrected chi connectivity index (χ0v) is 9.55. The first-order valence-corrected chi connectivity index (χ1v) is 5.37. The summed E-state index contributed by atoms with van der Waals surface area (Å²) in [5, 5.41) is 0. The van der Waals surface area contributed by atoms with Gasteiger partial charge >= 0.3 is 0 Å². The lowest BCUT2D eigenvalue weighted by Crippen LogP contribution is -2.50. The van der Waals surface area contributed by atoms with Gasteiger partial charge in [0.2, 0.25) is 0 Å². The Bertz CT molecular complexity index is 349. The standard InChI is InChI=1S/C10H17N5O/c1-7-4-16-5-8(2)15(7)10-3-9(14-11)12-6-13-10/h3,6-8H,4-5,11H2,1-2H3,(H,12,13,14). The highest BCUT2D eigenvalue weighted by Crippen LogP contribution is 2.22. The van der Waals surface area contributed by atoms with E-state index in [4.69, 9.17) is 10.6 Å². The number of aromatic nitrogens is 2. The average molecular weight is 223 g/mol. The predicted molar refractivity (Wildman–Crippen MR) is 62.1 cm³/mol. The lowest BCUT2D eigenvalue weighted by atomic mass is 10.2. The van der Waals surface area contributed by atoms with Crippen molar-refractivity contribution in [2.24, 2.45) is 5.84 Å². The topological polar surface area (TPSA) is 76.3 Å². The lowest BCUT2D eigenvalue weighted by molar-refractivity contribution is 0.0752.